The summed E-state index contributed by atoms with van der Waals surface area (Å²) in [6.45, 7) is -0.217. The molecule has 3 aromatic rings. The Morgan fingerprint density at radius 3 is 2.33 bits per heavy atom. The van der Waals surface area contributed by atoms with E-state index in [2.05, 4.69) is 4.98 Å². The van der Waals surface area contributed by atoms with Crippen LogP contribution in [-0.2, 0) is 16.2 Å². The van der Waals surface area contributed by atoms with Gasteiger partial charge in [-0.3, -0.25) is 9.59 Å². The van der Waals surface area contributed by atoms with Gasteiger partial charge in [0.1, 0.15) is 5.69 Å². The molecule has 1 aromatic heterocycles. The molecular formula is C21H17ClF3N3O4S. The van der Waals surface area contributed by atoms with E-state index in [1.807, 2.05) is 0 Å². The number of carbonyl (C=O) groups excluding carboxylic acids is 1. The van der Waals surface area contributed by atoms with Crippen molar-refractivity contribution >= 4 is 38.3 Å². The fourth-order valence-corrected chi connectivity index (χ4v) is 5.33. The maximum absolute atomic E-state index is 13.1. The molecule has 1 fully saturated rings. The number of amides is 1. The van der Waals surface area contributed by atoms with Crippen LogP contribution in [0.4, 0.5) is 13.2 Å². The van der Waals surface area contributed by atoms with E-state index in [-0.39, 0.29) is 31.9 Å². The molecular weight excluding hydrogens is 483 g/mol. The number of nitrogens with zero attached hydrogens (tertiary/aromatic N) is 2. The molecule has 174 valence electrons. The SMILES string of the molecule is O=C(c1cc2ccccc2c(=O)[nH]1)N1CCN(S(=O)(=O)c2ccc(Cl)c(C(F)(F)F)c2)CC1. The molecule has 1 aliphatic heterocycles. The van der Waals surface area contributed by atoms with Crippen molar-refractivity contribution in [1.82, 2.24) is 14.2 Å². The van der Waals surface area contributed by atoms with E-state index >= 15 is 0 Å². The minimum atomic E-state index is -4.80. The predicted molar refractivity (Wildman–Crippen MR) is 116 cm³/mol. The van der Waals surface area contributed by atoms with Gasteiger partial charge in [0.15, 0.2) is 0 Å². The summed E-state index contributed by atoms with van der Waals surface area (Å²) in [6.07, 6.45) is -4.80. The third-order valence-corrected chi connectivity index (χ3v) is 7.61. The van der Waals surface area contributed by atoms with E-state index in [9.17, 15) is 31.2 Å². The number of aromatic amines is 1. The minimum Gasteiger partial charge on any atom is -0.335 e. The van der Waals surface area contributed by atoms with Crippen molar-refractivity contribution in [3.8, 4) is 0 Å². The van der Waals surface area contributed by atoms with Crippen molar-refractivity contribution < 1.29 is 26.4 Å². The number of piperazine rings is 1. The first-order valence-corrected chi connectivity index (χ1v) is 11.6. The fourth-order valence-electron chi connectivity index (χ4n) is 3.66. The summed E-state index contributed by atoms with van der Waals surface area (Å²) >= 11 is 5.58. The van der Waals surface area contributed by atoms with Gasteiger partial charge in [0.2, 0.25) is 10.0 Å². The van der Waals surface area contributed by atoms with Crippen LogP contribution in [0, 0.1) is 0 Å². The van der Waals surface area contributed by atoms with Crippen molar-refractivity contribution in [3.05, 3.63) is 75.2 Å². The number of benzene rings is 2. The molecule has 0 unspecified atom stereocenters. The highest BCUT2D eigenvalue weighted by molar-refractivity contribution is 7.89. The van der Waals surface area contributed by atoms with Crippen LogP contribution in [0.3, 0.4) is 0 Å². The molecule has 0 saturated carbocycles. The van der Waals surface area contributed by atoms with E-state index < -0.39 is 43.1 Å². The summed E-state index contributed by atoms with van der Waals surface area (Å²) in [5.41, 5.74) is -1.58. The quantitative estimate of drug-likeness (QED) is 0.598. The highest BCUT2D eigenvalue weighted by atomic mass is 35.5. The van der Waals surface area contributed by atoms with Gasteiger partial charge in [-0.2, -0.15) is 17.5 Å². The largest absolute Gasteiger partial charge is 0.417 e. The van der Waals surface area contributed by atoms with Crippen LogP contribution in [0.25, 0.3) is 10.8 Å². The van der Waals surface area contributed by atoms with Crippen molar-refractivity contribution in [2.75, 3.05) is 26.2 Å². The average molecular weight is 500 g/mol. The second kappa shape index (κ2) is 8.47. The number of fused-ring (bicyclic) bond motifs is 1. The lowest BCUT2D eigenvalue weighted by Gasteiger charge is -2.34. The molecule has 4 rings (SSSR count). The predicted octanol–water partition coefficient (Wildman–Crippen LogP) is 3.35. The Morgan fingerprint density at radius 1 is 1.00 bits per heavy atom. The lowest BCUT2D eigenvalue weighted by Crippen LogP contribution is -2.50. The van der Waals surface area contributed by atoms with Crippen LogP contribution in [0.2, 0.25) is 5.02 Å². The third kappa shape index (κ3) is 4.48. The molecule has 0 spiro atoms. The van der Waals surface area contributed by atoms with E-state index in [1.165, 1.54) is 4.90 Å². The van der Waals surface area contributed by atoms with Crippen LogP contribution in [0.5, 0.6) is 0 Å². The first-order chi connectivity index (χ1) is 15.5. The second-order valence-corrected chi connectivity index (χ2v) is 9.78. The summed E-state index contributed by atoms with van der Waals surface area (Å²) in [5.74, 6) is -0.472. The topological polar surface area (TPSA) is 90.6 Å². The van der Waals surface area contributed by atoms with Crippen LogP contribution in [0.1, 0.15) is 16.1 Å². The first kappa shape index (κ1) is 23.3. The number of halogens is 4. The lowest BCUT2D eigenvalue weighted by molar-refractivity contribution is -0.137. The molecule has 0 aliphatic carbocycles. The van der Waals surface area contributed by atoms with Crippen LogP contribution in [-0.4, -0.2) is 54.7 Å². The zero-order valence-corrected chi connectivity index (χ0v) is 18.5. The lowest BCUT2D eigenvalue weighted by atomic mass is 10.1. The average Bonchev–Trinajstić information content (AvgIpc) is 2.78. The van der Waals surface area contributed by atoms with Gasteiger partial charge in [0.25, 0.3) is 11.5 Å². The van der Waals surface area contributed by atoms with Crippen LogP contribution in [0.15, 0.2) is 58.2 Å². The molecule has 2 aromatic carbocycles. The Morgan fingerprint density at radius 2 is 1.67 bits per heavy atom. The summed E-state index contributed by atoms with van der Waals surface area (Å²) < 4.78 is 66.1. The number of H-pyrrole nitrogens is 1. The van der Waals surface area contributed by atoms with Crippen molar-refractivity contribution in [1.29, 1.82) is 0 Å². The molecule has 1 amide bonds. The Hall–Kier alpha value is -2.89. The molecule has 33 heavy (non-hydrogen) atoms. The number of alkyl halides is 3. The monoisotopic (exact) mass is 499 g/mol. The number of rotatable bonds is 3. The Labute approximate surface area is 191 Å². The number of nitrogens with one attached hydrogen (secondary N) is 1. The van der Waals surface area contributed by atoms with Gasteiger partial charge in [-0.05, 0) is 35.7 Å². The highest BCUT2D eigenvalue weighted by Gasteiger charge is 2.36. The maximum atomic E-state index is 13.1. The molecule has 1 N–H and O–H groups in total. The second-order valence-electron chi connectivity index (χ2n) is 7.44. The summed E-state index contributed by atoms with van der Waals surface area (Å²) in [7, 11) is -4.23. The fraction of sp³-hybridized carbons (Fsp3) is 0.238. The van der Waals surface area contributed by atoms with Crippen LogP contribution >= 0.6 is 11.6 Å². The van der Waals surface area contributed by atoms with Gasteiger partial charge in [-0.1, -0.05) is 29.8 Å². The van der Waals surface area contributed by atoms with Gasteiger partial charge in [0.05, 0.1) is 15.5 Å². The maximum Gasteiger partial charge on any atom is 0.417 e. The summed E-state index contributed by atoms with van der Waals surface area (Å²) in [4.78, 5) is 28.5. The number of pyridine rings is 1. The molecule has 2 heterocycles. The van der Waals surface area contributed by atoms with Gasteiger partial charge in [-0.25, -0.2) is 8.42 Å². The van der Waals surface area contributed by atoms with Gasteiger partial charge >= 0.3 is 6.18 Å². The molecule has 1 saturated heterocycles. The summed E-state index contributed by atoms with van der Waals surface area (Å²) in [5, 5.41) is 0.432. The normalized spacial score (nSPS) is 15.7. The minimum absolute atomic E-state index is 0.00659. The smallest absolute Gasteiger partial charge is 0.335 e. The van der Waals surface area contributed by atoms with Crippen molar-refractivity contribution in [2.45, 2.75) is 11.1 Å². The standard InChI is InChI=1S/C21H17ClF3N3O4S/c22-17-6-5-14(12-16(17)21(23,24)25)33(31,32)28-9-7-27(8-10-28)20(30)18-11-13-3-1-2-4-15(13)19(29)26-18/h1-6,11-12H,7-10H2,(H,26,29). The number of aromatic nitrogens is 1. The van der Waals surface area contributed by atoms with Crippen molar-refractivity contribution in [2.24, 2.45) is 0 Å². The van der Waals surface area contributed by atoms with Gasteiger partial charge in [-0.15, -0.1) is 0 Å². The van der Waals surface area contributed by atoms with E-state index in [4.69, 9.17) is 11.6 Å². The number of sulfonamides is 1. The molecule has 0 radical (unpaired) electrons. The number of hydrogen-bond donors (Lipinski definition) is 1. The molecule has 0 bridgehead atoms. The molecule has 0 atom stereocenters. The van der Waals surface area contributed by atoms with Crippen molar-refractivity contribution in [3.63, 3.8) is 0 Å². The zero-order valence-electron chi connectivity index (χ0n) is 16.9. The Bertz CT molecular complexity index is 1400. The third-order valence-electron chi connectivity index (χ3n) is 5.39. The van der Waals surface area contributed by atoms with Gasteiger partial charge < -0.3 is 9.88 Å². The zero-order chi connectivity index (χ0) is 24.0. The Balaban J connectivity index is 1.52. The highest BCUT2D eigenvalue weighted by Crippen LogP contribution is 2.36. The van der Waals surface area contributed by atoms with E-state index in [0.29, 0.717) is 16.8 Å². The number of carbonyl (C=O) groups is 1. The molecule has 12 heteroatoms. The van der Waals surface area contributed by atoms with E-state index in [1.54, 1.807) is 30.3 Å². The Kier molecular flexibility index (Phi) is 5.97. The summed E-state index contributed by atoms with van der Waals surface area (Å²) in [6, 6.07) is 10.7. The molecule has 7 nitrogen and oxygen atoms in total. The van der Waals surface area contributed by atoms with Crippen LogP contribution < -0.4 is 5.56 Å². The molecule has 1 aliphatic rings. The number of hydrogen-bond acceptors (Lipinski definition) is 4. The van der Waals surface area contributed by atoms with Gasteiger partial charge in [0, 0.05) is 31.6 Å². The first-order valence-electron chi connectivity index (χ1n) is 9.77. The van der Waals surface area contributed by atoms with E-state index in [0.717, 1.165) is 16.4 Å².